The number of hydrogen-bond acceptors (Lipinski definition) is 5. The molecule has 0 atom stereocenters. The fraction of sp³-hybridized carbons (Fsp3) is 0.476. The van der Waals surface area contributed by atoms with Crippen LogP contribution in [-0.2, 0) is 24.0 Å². The number of carbonyl (C=O) groups excluding carboxylic acids is 1. The van der Waals surface area contributed by atoms with E-state index in [1.807, 2.05) is 18.2 Å². The summed E-state index contributed by atoms with van der Waals surface area (Å²) < 4.78 is 5.44. The minimum atomic E-state index is -0.0891. The van der Waals surface area contributed by atoms with Crippen molar-refractivity contribution in [3.05, 3.63) is 53.0 Å². The van der Waals surface area contributed by atoms with Crippen LogP contribution in [0.15, 0.2) is 30.3 Å². The molecule has 2 N–H and O–H groups in total. The predicted molar refractivity (Wildman–Crippen MR) is 104 cm³/mol. The van der Waals surface area contributed by atoms with Gasteiger partial charge in [0, 0.05) is 38.3 Å². The summed E-state index contributed by atoms with van der Waals surface area (Å²) >= 11 is 0. The smallest absolute Gasteiger partial charge is 0.270 e. The van der Waals surface area contributed by atoms with E-state index in [2.05, 4.69) is 27.8 Å². The van der Waals surface area contributed by atoms with Gasteiger partial charge < -0.3 is 15.4 Å². The van der Waals surface area contributed by atoms with E-state index in [0.717, 1.165) is 69.1 Å². The Hall–Kier alpha value is -2.47. The van der Waals surface area contributed by atoms with Crippen LogP contribution in [0.1, 0.15) is 40.3 Å². The van der Waals surface area contributed by atoms with E-state index in [-0.39, 0.29) is 5.91 Å². The Balaban J connectivity index is 1.52. The largest absolute Gasteiger partial charge is 0.381 e. The lowest BCUT2D eigenvalue weighted by molar-refractivity contribution is 0.0699. The Bertz CT molecular complexity index is 788. The van der Waals surface area contributed by atoms with Crippen molar-refractivity contribution in [1.29, 1.82) is 0 Å². The molecule has 6 heteroatoms. The summed E-state index contributed by atoms with van der Waals surface area (Å²) in [6.45, 7) is 3.18. The molecule has 2 aromatic rings. The summed E-state index contributed by atoms with van der Waals surface area (Å²) in [7, 11) is 0. The lowest BCUT2D eigenvalue weighted by Gasteiger charge is -2.24. The van der Waals surface area contributed by atoms with Crippen molar-refractivity contribution in [3.63, 3.8) is 0 Å². The van der Waals surface area contributed by atoms with Crippen LogP contribution in [0.4, 0.5) is 5.82 Å². The SMILES string of the molecule is O=C1NCCc2c(NCC3CCOCC3)nc(CCc3ccccc3)nc21. The summed E-state index contributed by atoms with van der Waals surface area (Å²) in [5.41, 5.74) is 2.74. The Labute approximate surface area is 159 Å². The monoisotopic (exact) mass is 366 g/mol. The Morgan fingerprint density at radius 2 is 1.93 bits per heavy atom. The van der Waals surface area contributed by atoms with Crippen LogP contribution in [-0.4, -0.2) is 42.2 Å². The van der Waals surface area contributed by atoms with Crippen LogP contribution in [0, 0.1) is 5.92 Å². The van der Waals surface area contributed by atoms with Gasteiger partial charge >= 0.3 is 0 Å². The third kappa shape index (κ3) is 4.45. The molecule has 0 unspecified atom stereocenters. The van der Waals surface area contributed by atoms with Gasteiger partial charge in [0.1, 0.15) is 17.3 Å². The van der Waals surface area contributed by atoms with Crippen molar-refractivity contribution in [1.82, 2.24) is 15.3 Å². The first-order chi connectivity index (χ1) is 13.3. The fourth-order valence-corrected chi connectivity index (χ4v) is 3.69. The Kier molecular flexibility index (Phi) is 5.63. The van der Waals surface area contributed by atoms with Crippen LogP contribution >= 0.6 is 0 Å². The van der Waals surface area contributed by atoms with E-state index in [1.165, 1.54) is 5.56 Å². The number of ether oxygens (including phenoxy) is 1. The molecule has 2 aliphatic rings. The zero-order valence-corrected chi connectivity index (χ0v) is 15.5. The maximum absolute atomic E-state index is 12.3. The first kappa shape index (κ1) is 17.9. The van der Waals surface area contributed by atoms with Crippen LogP contribution in [0.25, 0.3) is 0 Å². The van der Waals surface area contributed by atoms with Gasteiger partial charge in [-0.1, -0.05) is 30.3 Å². The quantitative estimate of drug-likeness (QED) is 0.821. The fourth-order valence-electron chi connectivity index (χ4n) is 3.69. The van der Waals surface area contributed by atoms with E-state index < -0.39 is 0 Å². The third-order valence-corrected chi connectivity index (χ3v) is 5.31. The highest BCUT2D eigenvalue weighted by atomic mass is 16.5. The number of carbonyl (C=O) groups is 1. The number of aryl methyl sites for hydroxylation is 2. The van der Waals surface area contributed by atoms with Crippen molar-refractivity contribution in [2.24, 2.45) is 5.92 Å². The molecule has 1 amide bonds. The minimum absolute atomic E-state index is 0.0891. The number of nitrogens with one attached hydrogen (secondary N) is 2. The summed E-state index contributed by atoms with van der Waals surface area (Å²) in [6.07, 6.45) is 4.50. The van der Waals surface area contributed by atoms with Gasteiger partial charge in [0.25, 0.3) is 5.91 Å². The van der Waals surface area contributed by atoms with Gasteiger partial charge in [0.15, 0.2) is 0 Å². The molecular formula is C21H26N4O2. The first-order valence-corrected chi connectivity index (χ1v) is 9.83. The Morgan fingerprint density at radius 1 is 1.11 bits per heavy atom. The molecule has 4 rings (SSSR count). The van der Waals surface area contributed by atoms with E-state index in [0.29, 0.717) is 18.2 Å². The van der Waals surface area contributed by atoms with E-state index >= 15 is 0 Å². The maximum atomic E-state index is 12.3. The molecule has 0 saturated carbocycles. The van der Waals surface area contributed by atoms with E-state index in [4.69, 9.17) is 9.72 Å². The van der Waals surface area contributed by atoms with Gasteiger partial charge in [-0.05, 0) is 37.2 Å². The highest BCUT2D eigenvalue weighted by Gasteiger charge is 2.24. The van der Waals surface area contributed by atoms with Crippen LogP contribution < -0.4 is 10.6 Å². The van der Waals surface area contributed by atoms with Crippen molar-refractivity contribution < 1.29 is 9.53 Å². The first-order valence-electron chi connectivity index (χ1n) is 9.83. The normalized spacial score (nSPS) is 17.3. The summed E-state index contributed by atoms with van der Waals surface area (Å²) in [5.74, 6) is 2.07. The number of anilines is 1. The maximum Gasteiger partial charge on any atom is 0.270 e. The Morgan fingerprint density at radius 3 is 2.74 bits per heavy atom. The lowest BCUT2D eigenvalue weighted by Crippen LogP contribution is -2.34. The van der Waals surface area contributed by atoms with E-state index in [1.54, 1.807) is 0 Å². The molecule has 1 fully saturated rings. The average Bonchev–Trinajstić information content (AvgIpc) is 2.73. The lowest BCUT2D eigenvalue weighted by atomic mass is 10.00. The molecular weight excluding hydrogens is 340 g/mol. The predicted octanol–water partition coefficient (Wildman–Crippen LogP) is 2.39. The number of fused-ring (bicyclic) bond motifs is 1. The number of rotatable bonds is 6. The van der Waals surface area contributed by atoms with Crippen molar-refractivity contribution in [2.75, 3.05) is 31.6 Å². The number of hydrogen-bond donors (Lipinski definition) is 2. The second-order valence-corrected chi connectivity index (χ2v) is 7.24. The highest BCUT2D eigenvalue weighted by Crippen LogP contribution is 2.23. The zero-order chi connectivity index (χ0) is 18.5. The molecule has 27 heavy (non-hydrogen) atoms. The molecule has 1 aromatic heterocycles. The molecule has 6 nitrogen and oxygen atoms in total. The summed E-state index contributed by atoms with van der Waals surface area (Å²) in [5, 5.41) is 6.41. The molecule has 2 aliphatic heterocycles. The average molecular weight is 366 g/mol. The van der Waals surface area contributed by atoms with Crippen molar-refractivity contribution >= 4 is 11.7 Å². The van der Waals surface area contributed by atoms with Crippen molar-refractivity contribution in [3.8, 4) is 0 Å². The molecule has 0 spiro atoms. The summed E-state index contributed by atoms with van der Waals surface area (Å²) in [4.78, 5) is 21.7. The molecule has 3 heterocycles. The topological polar surface area (TPSA) is 76.1 Å². The van der Waals surface area contributed by atoms with Gasteiger partial charge in [-0.15, -0.1) is 0 Å². The second kappa shape index (κ2) is 8.48. The second-order valence-electron chi connectivity index (χ2n) is 7.24. The number of aromatic nitrogens is 2. The van der Waals surface area contributed by atoms with E-state index in [9.17, 15) is 4.79 Å². The minimum Gasteiger partial charge on any atom is -0.381 e. The standard InChI is InChI=1S/C21H26N4O2/c26-21-19-17(8-11-22-21)20(23-14-16-9-12-27-13-10-16)25-18(24-19)7-6-15-4-2-1-3-5-15/h1-5,16H,6-14H2,(H,22,26)(H,23,24,25). The molecule has 0 aliphatic carbocycles. The number of amides is 1. The van der Waals surface area contributed by atoms with Crippen molar-refractivity contribution in [2.45, 2.75) is 32.1 Å². The molecule has 1 aromatic carbocycles. The third-order valence-electron chi connectivity index (χ3n) is 5.31. The summed E-state index contributed by atoms with van der Waals surface area (Å²) in [6, 6.07) is 10.3. The molecule has 0 bridgehead atoms. The highest BCUT2D eigenvalue weighted by molar-refractivity contribution is 5.96. The zero-order valence-electron chi connectivity index (χ0n) is 15.5. The van der Waals surface area contributed by atoms with Crippen LogP contribution in [0.3, 0.4) is 0 Å². The van der Waals surface area contributed by atoms with Gasteiger partial charge in [-0.2, -0.15) is 0 Å². The van der Waals surface area contributed by atoms with Crippen LogP contribution in [0.2, 0.25) is 0 Å². The van der Waals surface area contributed by atoms with Gasteiger partial charge in [0.05, 0.1) is 0 Å². The molecule has 1 saturated heterocycles. The molecule has 0 radical (unpaired) electrons. The van der Waals surface area contributed by atoms with Crippen LogP contribution in [0.5, 0.6) is 0 Å². The number of nitrogens with zero attached hydrogens (tertiary/aromatic N) is 2. The van der Waals surface area contributed by atoms with Gasteiger partial charge in [0.2, 0.25) is 0 Å². The number of benzene rings is 1. The van der Waals surface area contributed by atoms with Gasteiger partial charge in [-0.3, -0.25) is 4.79 Å². The van der Waals surface area contributed by atoms with Gasteiger partial charge in [-0.25, -0.2) is 9.97 Å². The molecule has 142 valence electrons.